The first-order chi connectivity index (χ1) is 17.1. The van der Waals surface area contributed by atoms with Crippen LogP contribution in [0.2, 0.25) is 0 Å². The second-order valence-corrected chi connectivity index (χ2v) is 8.23. The monoisotopic (exact) mass is 521 g/mol. The molecule has 0 N–H and O–H groups in total. The van der Waals surface area contributed by atoms with Crippen LogP contribution < -0.4 is 48.9 Å². The number of fused-ring (bicyclic) bond motifs is 1. The van der Waals surface area contributed by atoms with E-state index in [0.717, 1.165) is 27.8 Å². The van der Waals surface area contributed by atoms with Gasteiger partial charge in [0, 0.05) is 29.3 Å². The van der Waals surface area contributed by atoms with Crippen molar-refractivity contribution in [2.24, 2.45) is 0 Å². The Morgan fingerprint density at radius 2 is 1.68 bits per heavy atom. The Labute approximate surface area is 233 Å². The van der Waals surface area contributed by atoms with Gasteiger partial charge in [0.15, 0.2) is 0 Å². The Hall–Kier alpha value is -3.14. The van der Waals surface area contributed by atoms with Crippen LogP contribution in [0, 0.1) is 6.92 Å². The van der Waals surface area contributed by atoms with E-state index in [0.29, 0.717) is 23.6 Å². The van der Waals surface area contributed by atoms with E-state index in [4.69, 9.17) is 9.47 Å². The average Bonchev–Trinajstić information content (AvgIpc) is 3.09. The molecule has 1 heterocycles. The number of halogens is 3. The van der Waals surface area contributed by atoms with Crippen LogP contribution in [0.5, 0.6) is 17.2 Å². The first-order valence-electron chi connectivity index (χ1n) is 11.0. The standard InChI is InChI=1S/C27H24F3NO5.Na/c1-16-25(19-7-9-20(34-3)10-8-19)23-12-11-22(36-27(28,29)30)14-24(23)31(16)15-18-5-4-6-21(13-18)35-17(2)26(32)33;/h4-14,17H,15H2,1-3H3,(H,32,33);/q;+1/p-1/t17-;/m0./s1. The van der Waals surface area contributed by atoms with Gasteiger partial charge in [-0.25, -0.2) is 0 Å². The molecule has 3 aromatic carbocycles. The maximum Gasteiger partial charge on any atom is 1.00 e. The minimum absolute atomic E-state index is 0. The van der Waals surface area contributed by atoms with E-state index in [-0.39, 0.29) is 35.3 Å². The summed E-state index contributed by atoms with van der Waals surface area (Å²) in [6.07, 6.45) is -5.96. The predicted molar refractivity (Wildman–Crippen MR) is 126 cm³/mol. The zero-order chi connectivity index (χ0) is 26.0. The summed E-state index contributed by atoms with van der Waals surface area (Å²) < 4.78 is 55.5. The van der Waals surface area contributed by atoms with Gasteiger partial charge >= 0.3 is 35.9 Å². The molecule has 0 amide bonds. The van der Waals surface area contributed by atoms with Crippen molar-refractivity contribution in [2.75, 3.05) is 7.11 Å². The molecule has 4 rings (SSSR count). The largest absolute Gasteiger partial charge is 1.00 e. The molecule has 0 radical (unpaired) electrons. The SMILES string of the molecule is COc1ccc(-c2c(C)n(Cc3cccc(O[C@@H](C)C(=O)[O-])c3)c3cc(OC(F)(F)F)ccc23)cc1.[Na+]. The maximum atomic E-state index is 12.9. The zero-order valence-electron chi connectivity index (χ0n) is 20.8. The minimum Gasteiger partial charge on any atom is -0.546 e. The van der Waals surface area contributed by atoms with Gasteiger partial charge in [0.05, 0.1) is 18.6 Å². The third-order valence-electron chi connectivity index (χ3n) is 5.79. The minimum atomic E-state index is -4.82. The molecular weight excluding hydrogens is 498 g/mol. The van der Waals surface area contributed by atoms with Crippen molar-refractivity contribution in [1.29, 1.82) is 0 Å². The van der Waals surface area contributed by atoms with Crippen molar-refractivity contribution in [2.45, 2.75) is 32.9 Å². The average molecular weight is 521 g/mol. The van der Waals surface area contributed by atoms with Crippen LogP contribution in [-0.2, 0) is 11.3 Å². The predicted octanol–water partition coefficient (Wildman–Crippen LogP) is 2.09. The van der Waals surface area contributed by atoms with E-state index in [1.54, 1.807) is 31.4 Å². The Balaban J connectivity index is 0.00000380. The van der Waals surface area contributed by atoms with Gasteiger partial charge in [0.1, 0.15) is 23.4 Å². The molecule has 0 aliphatic carbocycles. The summed E-state index contributed by atoms with van der Waals surface area (Å²) in [5, 5.41) is 11.8. The van der Waals surface area contributed by atoms with Crippen LogP contribution in [0.25, 0.3) is 22.0 Å². The van der Waals surface area contributed by atoms with Gasteiger partial charge < -0.3 is 28.7 Å². The number of rotatable bonds is 8. The summed E-state index contributed by atoms with van der Waals surface area (Å²) >= 11 is 0. The van der Waals surface area contributed by atoms with Crippen molar-refractivity contribution >= 4 is 16.9 Å². The Bertz CT molecular complexity index is 1400. The molecule has 4 aromatic rings. The van der Waals surface area contributed by atoms with Crippen LogP contribution >= 0.6 is 0 Å². The molecule has 6 nitrogen and oxygen atoms in total. The number of benzene rings is 3. The van der Waals surface area contributed by atoms with Gasteiger partial charge in [-0.2, -0.15) is 0 Å². The van der Waals surface area contributed by atoms with E-state index in [1.165, 1.54) is 19.1 Å². The molecule has 0 spiro atoms. The van der Waals surface area contributed by atoms with Crippen LogP contribution in [0.15, 0.2) is 66.7 Å². The molecule has 37 heavy (non-hydrogen) atoms. The molecule has 0 unspecified atom stereocenters. The van der Waals surface area contributed by atoms with Gasteiger partial charge in [-0.1, -0.05) is 24.3 Å². The van der Waals surface area contributed by atoms with Gasteiger partial charge in [0.2, 0.25) is 0 Å². The summed E-state index contributed by atoms with van der Waals surface area (Å²) in [4.78, 5) is 11.0. The van der Waals surface area contributed by atoms with Gasteiger partial charge in [-0.3, -0.25) is 0 Å². The number of alkyl halides is 3. The summed E-state index contributed by atoms with van der Waals surface area (Å²) in [6.45, 7) is 3.56. The smallest absolute Gasteiger partial charge is 0.546 e. The van der Waals surface area contributed by atoms with Gasteiger partial charge in [-0.05, 0) is 61.4 Å². The molecule has 0 aliphatic heterocycles. The van der Waals surface area contributed by atoms with E-state index in [1.807, 2.05) is 41.8 Å². The summed E-state index contributed by atoms with van der Waals surface area (Å²) in [5.41, 5.74) is 3.88. The molecule has 0 saturated carbocycles. The summed E-state index contributed by atoms with van der Waals surface area (Å²) in [5.74, 6) is -0.637. The van der Waals surface area contributed by atoms with E-state index in [2.05, 4.69) is 4.74 Å². The second kappa shape index (κ2) is 11.5. The van der Waals surface area contributed by atoms with E-state index < -0.39 is 18.4 Å². The summed E-state index contributed by atoms with van der Waals surface area (Å²) in [6, 6.07) is 18.5. The molecule has 0 aliphatic rings. The number of methoxy groups -OCH3 is 1. The van der Waals surface area contributed by atoms with Crippen LogP contribution in [0.4, 0.5) is 13.2 Å². The molecule has 1 aromatic heterocycles. The third-order valence-corrected chi connectivity index (χ3v) is 5.79. The first-order valence-corrected chi connectivity index (χ1v) is 11.0. The number of carbonyl (C=O) groups is 1. The van der Waals surface area contributed by atoms with Crippen molar-refractivity contribution in [3.8, 4) is 28.4 Å². The molecule has 188 valence electrons. The Morgan fingerprint density at radius 3 is 2.30 bits per heavy atom. The molecular formula is C27H23F3NNaO5. The maximum absolute atomic E-state index is 12.9. The molecule has 10 heteroatoms. The number of nitrogens with zero attached hydrogens (tertiary/aromatic N) is 1. The number of hydrogen-bond donors (Lipinski definition) is 0. The second-order valence-electron chi connectivity index (χ2n) is 8.23. The number of carboxylic acid groups (broad SMARTS) is 1. The van der Waals surface area contributed by atoms with Crippen molar-refractivity contribution in [3.63, 3.8) is 0 Å². The Morgan fingerprint density at radius 1 is 1.00 bits per heavy atom. The van der Waals surface area contributed by atoms with Crippen LogP contribution in [0.1, 0.15) is 18.2 Å². The van der Waals surface area contributed by atoms with Crippen LogP contribution in [-0.4, -0.2) is 30.1 Å². The zero-order valence-corrected chi connectivity index (χ0v) is 22.8. The number of aromatic nitrogens is 1. The number of carbonyl (C=O) groups excluding carboxylic acids is 1. The first kappa shape index (κ1) is 28.4. The molecule has 0 fully saturated rings. The third kappa shape index (κ3) is 6.60. The molecule has 0 bridgehead atoms. The van der Waals surface area contributed by atoms with Crippen molar-refractivity contribution in [1.82, 2.24) is 4.57 Å². The fourth-order valence-corrected chi connectivity index (χ4v) is 4.13. The number of ether oxygens (including phenoxy) is 3. The topological polar surface area (TPSA) is 72.8 Å². The van der Waals surface area contributed by atoms with Gasteiger partial charge in [0.25, 0.3) is 0 Å². The normalized spacial score (nSPS) is 12.1. The van der Waals surface area contributed by atoms with Crippen molar-refractivity contribution < 1.29 is 66.8 Å². The quantitative estimate of drug-likeness (QED) is 0.332. The fourth-order valence-electron chi connectivity index (χ4n) is 4.13. The van der Waals surface area contributed by atoms with E-state index in [9.17, 15) is 23.1 Å². The van der Waals surface area contributed by atoms with E-state index >= 15 is 0 Å². The molecule has 0 saturated heterocycles. The van der Waals surface area contributed by atoms with Crippen LogP contribution in [0.3, 0.4) is 0 Å². The fraction of sp³-hybridized carbons (Fsp3) is 0.222. The molecule has 1 atom stereocenters. The van der Waals surface area contributed by atoms with Gasteiger partial charge in [-0.15, -0.1) is 13.2 Å². The van der Waals surface area contributed by atoms with Crippen molar-refractivity contribution in [3.05, 3.63) is 78.0 Å². The number of hydrogen-bond acceptors (Lipinski definition) is 5. The number of aliphatic carboxylic acids is 1. The number of carboxylic acids is 1. The Kier molecular flexibility index (Phi) is 8.84. The summed E-state index contributed by atoms with van der Waals surface area (Å²) in [7, 11) is 1.57.